The number of aromatic nitrogens is 2. The first kappa shape index (κ1) is 15.5. The maximum absolute atomic E-state index is 11.2. The molecule has 0 radical (unpaired) electrons. The molecule has 2 heterocycles. The number of anilines is 2. The van der Waals surface area contributed by atoms with Gasteiger partial charge >= 0.3 is 0 Å². The fraction of sp³-hybridized carbons (Fsp3) is 0.118. The molecule has 7 heteroatoms. The molecule has 3 N–H and O–H groups in total. The summed E-state index contributed by atoms with van der Waals surface area (Å²) >= 11 is 0. The Balaban J connectivity index is 1.75. The molecule has 0 unspecified atom stereocenters. The Morgan fingerprint density at radius 3 is 2.92 bits per heavy atom. The number of aliphatic hydroxyl groups excluding tert-OH is 1. The molecule has 0 aliphatic heterocycles. The first-order valence-electron chi connectivity index (χ1n) is 7.30. The van der Waals surface area contributed by atoms with Crippen molar-refractivity contribution >= 4 is 22.9 Å². The van der Waals surface area contributed by atoms with Crippen molar-refractivity contribution in [3.8, 4) is 6.07 Å². The summed E-state index contributed by atoms with van der Waals surface area (Å²) in [5, 5.41) is 23.6. The molecular formula is C17H15N5O2. The molecule has 2 aromatic heterocycles. The van der Waals surface area contributed by atoms with Gasteiger partial charge in [0.2, 0.25) is 5.91 Å². The van der Waals surface area contributed by atoms with E-state index in [0.717, 1.165) is 17.0 Å². The predicted octanol–water partition coefficient (Wildman–Crippen LogP) is 1.75. The second kappa shape index (κ2) is 6.81. The Morgan fingerprint density at radius 2 is 2.12 bits per heavy atom. The minimum Gasteiger partial charge on any atom is -0.387 e. The molecule has 3 rings (SSSR count). The zero-order valence-electron chi connectivity index (χ0n) is 12.7. The van der Waals surface area contributed by atoms with E-state index in [1.807, 2.05) is 10.5 Å². The highest BCUT2D eigenvalue weighted by molar-refractivity contribution is 5.91. The number of nitrogens with one attached hydrogen (secondary N) is 2. The maximum atomic E-state index is 11.2. The smallest absolute Gasteiger partial charge is 0.250 e. The van der Waals surface area contributed by atoms with E-state index in [-0.39, 0.29) is 0 Å². The van der Waals surface area contributed by atoms with E-state index in [4.69, 9.17) is 10.4 Å². The van der Waals surface area contributed by atoms with Crippen molar-refractivity contribution in [2.24, 2.45) is 0 Å². The largest absolute Gasteiger partial charge is 0.387 e. The lowest BCUT2D eigenvalue weighted by Crippen LogP contribution is -2.15. The van der Waals surface area contributed by atoms with Gasteiger partial charge in [0, 0.05) is 17.6 Å². The first-order chi connectivity index (χ1) is 11.7. The third-order valence-electron chi connectivity index (χ3n) is 3.47. The number of amides is 1. The van der Waals surface area contributed by atoms with Gasteiger partial charge in [-0.3, -0.25) is 4.79 Å². The molecule has 24 heavy (non-hydrogen) atoms. The average molecular weight is 321 g/mol. The van der Waals surface area contributed by atoms with Crippen LogP contribution in [0.15, 0.2) is 48.8 Å². The summed E-state index contributed by atoms with van der Waals surface area (Å²) < 4.78 is 1.86. The molecule has 1 amide bonds. The van der Waals surface area contributed by atoms with Gasteiger partial charge in [0.25, 0.3) is 0 Å². The van der Waals surface area contributed by atoms with Crippen LogP contribution in [0.3, 0.4) is 0 Å². The van der Waals surface area contributed by atoms with Crippen LogP contribution < -0.4 is 10.6 Å². The Hall–Kier alpha value is -3.37. The van der Waals surface area contributed by atoms with Gasteiger partial charge in [0.15, 0.2) is 0 Å². The fourth-order valence-electron chi connectivity index (χ4n) is 2.33. The van der Waals surface area contributed by atoms with E-state index < -0.39 is 12.5 Å². The van der Waals surface area contributed by atoms with Gasteiger partial charge < -0.3 is 20.1 Å². The number of aliphatic hydroxyl groups is 1. The van der Waals surface area contributed by atoms with Crippen molar-refractivity contribution in [3.63, 3.8) is 0 Å². The highest BCUT2D eigenvalue weighted by Crippen LogP contribution is 2.17. The number of nitriles is 1. The standard InChI is InChI=1S/C17H15N5O2/c18-7-12-4-5-16-20-9-15(22(16)10-12)8-19-13-2-1-3-14(6-13)21-17(24)11-23/h1-6,9-10,19,23H,8,11H2,(H,21,24). The summed E-state index contributed by atoms with van der Waals surface area (Å²) in [6.07, 6.45) is 3.50. The summed E-state index contributed by atoms with van der Waals surface area (Å²) in [5.74, 6) is -0.460. The minimum absolute atomic E-state index is 0.460. The van der Waals surface area contributed by atoms with E-state index in [1.165, 1.54) is 0 Å². The Kier molecular flexibility index (Phi) is 4.40. The van der Waals surface area contributed by atoms with Crippen molar-refractivity contribution < 1.29 is 9.90 Å². The third kappa shape index (κ3) is 3.34. The second-order valence-electron chi connectivity index (χ2n) is 5.15. The number of fused-ring (bicyclic) bond motifs is 1. The van der Waals surface area contributed by atoms with E-state index in [9.17, 15) is 4.79 Å². The van der Waals surface area contributed by atoms with Crippen molar-refractivity contribution in [2.75, 3.05) is 17.2 Å². The number of rotatable bonds is 5. The summed E-state index contributed by atoms with van der Waals surface area (Å²) in [6, 6.07) is 12.8. The molecule has 0 aliphatic carbocycles. The van der Waals surface area contributed by atoms with Crippen molar-refractivity contribution in [1.82, 2.24) is 9.38 Å². The number of pyridine rings is 1. The van der Waals surface area contributed by atoms with Crippen LogP contribution in [0, 0.1) is 11.3 Å². The normalized spacial score (nSPS) is 10.3. The highest BCUT2D eigenvalue weighted by Gasteiger charge is 2.05. The van der Waals surface area contributed by atoms with Crippen molar-refractivity contribution in [1.29, 1.82) is 5.26 Å². The van der Waals surface area contributed by atoms with Crippen LogP contribution in [0.25, 0.3) is 5.65 Å². The van der Waals surface area contributed by atoms with Gasteiger partial charge in [0.05, 0.1) is 24.0 Å². The third-order valence-corrected chi connectivity index (χ3v) is 3.47. The monoisotopic (exact) mass is 321 g/mol. The quantitative estimate of drug-likeness (QED) is 0.664. The SMILES string of the molecule is N#Cc1ccc2ncc(CNc3cccc(NC(=O)CO)c3)n2c1. The molecular weight excluding hydrogens is 306 g/mol. The van der Waals surface area contributed by atoms with Crippen molar-refractivity contribution in [3.05, 3.63) is 60.0 Å². The van der Waals surface area contributed by atoms with Gasteiger partial charge in [-0.15, -0.1) is 0 Å². The Bertz CT molecular complexity index is 926. The molecule has 0 bridgehead atoms. The van der Waals surface area contributed by atoms with Crippen LogP contribution in [0.4, 0.5) is 11.4 Å². The summed E-state index contributed by atoms with van der Waals surface area (Å²) in [7, 11) is 0. The van der Waals surface area contributed by atoms with Gasteiger partial charge in [-0.05, 0) is 30.3 Å². The number of benzene rings is 1. The van der Waals surface area contributed by atoms with E-state index in [1.54, 1.807) is 42.7 Å². The summed E-state index contributed by atoms with van der Waals surface area (Å²) in [6.45, 7) is -0.0475. The summed E-state index contributed by atoms with van der Waals surface area (Å²) in [4.78, 5) is 15.5. The second-order valence-corrected chi connectivity index (χ2v) is 5.15. The Labute approximate surface area is 138 Å². The molecule has 7 nitrogen and oxygen atoms in total. The molecule has 0 atom stereocenters. The molecule has 0 fully saturated rings. The minimum atomic E-state index is -0.555. The zero-order valence-corrected chi connectivity index (χ0v) is 12.7. The Morgan fingerprint density at radius 1 is 1.29 bits per heavy atom. The molecule has 0 spiro atoms. The lowest BCUT2D eigenvalue weighted by molar-refractivity contribution is -0.118. The van der Waals surface area contributed by atoms with E-state index in [2.05, 4.69) is 21.7 Å². The maximum Gasteiger partial charge on any atom is 0.250 e. The molecule has 3 aromatic rings. The highest BCUT2D eigenvalue weighted by atomic mass is 16.3. The number of carbonyl (C=O) groups is 1. The van der Waals surface area contributed by atoms with Crippen LogP contribution in [0.1, 0.15) is 11.3 Å². The number of imidazole rings is 1. The number of carbonyl (C=O) groups excluding carboxylic acids is 1. The van der Waals surface area contributed by atoms with Crippen LogP contribution in [0.5, 0.6) is 0 Å². The number of hydrogen-bond donors (Lipinski definition) is 3. The predicted molar refractivity (Wildman–Crippen MR) is 89.4 cm³/mol. The lowest BCUT2D eigenvalue weighted by atomic mass is 10.2. The zero-order chi connectivity index (χ0) is 16.9. The topological polar surface area (TPSA) is 102 Å². The molecule has 0 saturated carbocycles. The average Bonchev–Trinajstić information content (AvgIpc) is 3.02. The van der Waals surface area contributed by atoms with Crippen LogP contribution in [-0.2, 0) is 11.3 Å². The van der Waals surface area contributed by atoms with Gasteiger partial charge in [-0.25, -0.2) is 4.98 Å². The van der Waals surface area contributed by atoms with E-state index >= 15 is 0 Å². The first-order valence-corrected chi connectivity index (χ1v) is 7.30. The van der Waals surface area contributed by atoms with Gasteiger partial charge in [-0.1, -0.05) is 6.07 Å². The molecule has 0 saturated heterocycles. The van der Waals surface area contributed by atoms with Gasteiger partial charge in [0.1, 0.15) is 18.3 Å². The fourth-order valence-corrected chi connectivity index (χ4v) is 2.33. The van der Waals surface area contributed by atoms with E-state index in [0.29, 0.717) is 17.8 Å². The van der Waals surface area contributed by atoms with Crippen LogP contribution in [0.2, 0.25) is 0 Å². The summed E-state index contributed by atoms with van der Waals surface area (Å²) in [5.41, 5.74) is 3.67. The number of nitrogens with zero attached hydrogens (tertiary/aromatic N) is 3. The lowest BCUT2D eigenvalue weighted by Gasteiger charge is -2.09. The van der Waals surface area contributed by atoms with Gasteiger partial charge in [-0.2, -0.15) is 5.26 Å². The van der Waals surface area contributed by atoms with Crippen LogP contribution in [-0.4, -0.2) is 27.0 Å². The molecule has 0 aliphatic rings. The van der Waals surface area contributed by atoms with Crippen LogP contribution >= 0.6 is 0 Å². The number of hydrogen-bond acceptors (Lipinski definition) is 5. The van der Waals surface area contributed by atoms with Crippen molar-refractivity contribution in [2.45, 2.75) is 6.54 Å². The molecule has 1 aromatic carbocycles. The molecule has 120 valence electrons.